The Hall–Kier alpha value is -4.09. The Morgan fingerprint density at radius 1 is 1.10 bits per heavy atom. The van der Waals surface area contributed by atoms with E-state index in [2.05, 4.69) is 10.6 Å². The summed E-state index contributed by atoms with van der Waals surface area (Å²) in [5, 5.41) is 15.7. The number of amides is 1. The number of aliphatic hydroxyl groups excluding tert-OH is 1. The second-order valence-corrected chi connectivity index (χ2v) is 11.0. The first-order valence-electron chi connectivity index (χ1n) is 12.2. The van der Waals surface area contributed by atoms with Gasteiger partial charge in [-0.25, -0.2) is 12.8 Å². The fraction of sp³-hybridized carbons (Fsp3) is 0.250. The quantitative estimate of drug-likeness (QED) is 0.255. The molecule has 0 unspecified atom stereocenters. The highest BCUT2D eigenvalue weighted by Crippen LogP contribution is 2.41. The van der Waals surface area contributed by atoms with Gasteiger partial charge in [0.1, 0.15) is 22.9 Å². The third-order valence-corrected chi connectivity index (χ3v) is 7.00. The molecule has 0 fully saturated rings. The number of halogens is 1. The summed E-state index contributed by atoms with van der Waals surface area (Å²) in [6.45, 7) is 3.00. The number of hydrogen-bond acceptors (Lipinski definition) is 7. The van der Waals surface area contributed by atoms with Crippen LogP contribution >= 0.6 is 0 Å². The summed E-state index contributed by atoms with van der Waals surface area (Å²) in [6.07, 6.45) is 0.735. The predicted molar refractivity (Wildman–Crippen MR) is 150 cm³/mol. The minimum absolute atomic E-state index is 0.186. The average Bonchev–Trinajstić information content (AvgIpc) is 3.24. The van der Waals surface area contributed by atoms with Crippen molar-refractivity contribution >= 4 is 44.0 Å². The maximum atomic E-state index is 13.5. The fourth-order valence-corrected chi connectivity index (χ4v) is 5.12. The molecule has 0 radical (unpaired) electrons. The van der Waals surface area contributed by atoms with E-state index in [1.54, 1.807) is 56.3 Å². The second-order valence-electron chi connectivity index (χ2n) is 9.14. The van der Waals surface area contributed by atoms with Gasteiger partial charge in [-0.05, 0) is 62.4 Å². The number of hydrogen-bond donors (Lipinski definition) is 3. The van der Waals surface area contributed by atoms with Crippen LogP contribution in [0.25, 0.3) is 22.3 Å². The normalized spacial score (nSPS) is 11.6. The molecule has 1 amide bonds. The average molecular weight is 556 g/mol. The molecule has 0 saturated carbocycles. The Morgan fingerprint density at radius 3 is 2.41 bits per heavy atom. The zero-order valence-corrected chi connectivity index (χ0v) is 22.8. The third kappa shape index (κ3) is 6.15. The molecule has 1 aromatic heterocycles. The molecule has 0 aliphatic carbocycles. The van der Waals surface area contributed by atoms with E-state index in [0.717, 1.165) is 10.6 Å². The van der Waals surface area contributed by atoms with Crippen LogP contribution in [0.4, 0.5) is 21.5 Å². The fourth-order valence-electron chi connectivity index (χ4n) is 4.20. The molecule has 39 heavy (non-hydrogen) atoms. The van der Waals surface area contributed by atoms with Crippen LogP contribution in [-0.4, -0.2) is 52.0 Å². The Labute approximate surface area is 226 Å². The maximum absolute atomic E-state index is 13.5. The molecule has 9 nitrogen and oxygen atoms in total. The van der Waals surface area contributed by atoms with Crippen molar-refractivity contribution in [1.29, 1.82) is 0 Å². The first-order valence-corrected chi connectivity index (χ1v) is 14.1. The molecule has 4 aromatic rings. The zero-order valence-electron chi connectivity index (χ0n) is 22.0. The molecular formula is C28H30FN3O6S. The van der Waals surface area contributed by atoms with Gasteiger partial charge in [-0.3, -0.25) is 9.10 Å². The molecule has 3 N–H and O–H groups in total. The van der Waals surface area contributed by atoms with Crippen molar-refractivity contribution in [3.05, 3.63) is 72.0 Å². The highest BCUT2D eigenvalue weighted by atomic mass is 32.2. The molecule has 3 aromatic carbocycles. The predicted octanol–water partition coefficient (Wildman–Crippen LogP) is 4.89. The zero-order chi connectivity index (χ0) is 28.3. The maximum Gasteiger partial charge on any atom is 0.255 e. The van der Waals surface area contributed by atoms with Crippen LogP contribution < -0.4 is 19.7 Å². The number of nitrogens with one attached hydrogen (secondary N) is 2. The van der Waals surface area contributed by atoms with Gasteiger partial charge in [-0.1, -0.05) is 6.07 Å². The summed E-state index contributed by atoms with van der Waals surface area (Å²) in [6, 6.07) is 16.2. The lowest BCUT2D eigenvalue weighted by Gasteiger charge is -2.25. The van der Waals surface area contributed by atoms with E-state index in [0.29, 0.717) is 22.3 Å². The van der Waals surface area contributed by atoms with Gasteiger partial charge >= 0.3 is 0 Å². The van der Waals surface area contributed by atoms with Gasteiger partial charge in [0.25, 0.3) is 5.91 Å². The number of ether oxygens (including phenoxy) is 1. The van der Waals surface area contributed by atoms with Crippen molar-refractivity contribution in [2.24, 2.45) is 0 Å². The van der Waals surface area contributed by atoms with E-state index >= 15 is 0 Å². The van der Waals surface area contributed by atoms with Gasteiger partial charge in [0.15, 0.2) is 0 Å². The van der Waals surface area contributed by atoms with E-state index in [-0.39, 0.29) is 46.8 Å². The number of anilines is 3. The molecule has 206 valence electrons. The summed E-state index contributed by atoms with van der Waals surface area (Å²) in [7, 11) is -2.27. The number of aliphatic hydroxyl groups is 1. The molecule has 0 aliphatic rings. The number of sulfonamides is 1. The monoisotopic (exact) mass is 555 g/mol. The van der Waals surface area contributed by atoms with E-state index in [9.17, 15) is 22.7 Å². The van der Waals surface area contributed by atoms with Gasteiger partial charge in [0.2, 0.25) is 10.0 Å². The van der Waals surface area contributed by atoms with Crippen molar-refractivity contribution in [3.63, 3.8) is 0 Å². The number of rotatable bonds is 10. The van der Waals surface area contributed by atoms with Crippen molar-refractivity contribution in [1.82, 2.24) is 5.32 Å². The molecule has 1 heterocycles. The molecule has 0 aliphatic heterocycles. The van der Waals surface area contributed by atoms with Crippen LogP contribution in [0, 0.1) is 5.82 Å². The van der Waals surface area contributed by atoms with Crippen LogP contribution in [0.5, 0.6) is 5.75 Å². The van der Waals surface area contributed by atoms with Crippen LogP contribution in [0.1, 0.15) is 24.2 Å². The Morgan fingerprint density at radius 2 is 1.82 bits per heavy atom. The number of nitrogens with zero attached hydrogens (tertiary/aromatic N) is 1. The third-order valence-electron chi connectivity index (χ3n) is 5.82. The van der Waals surface area contributed by atoms with Crippen LogP contribution in [0.2, 0.25) is 0 Å². The lowest BCUT2D eigenvalue weighted by atomic mass is 10.0. The van der Waals surface area contributed by atoms with Gasteiger partial charge in [-0.15, -0.1) is 0 Å². The second kappa shape index (κ2) is 11.3. The standard InChI is InChI=1S/C28H30FN3O6S/c1-17(2)37-25-15-22-24(16-23(25)32(12-13-33)39(4,35)36)38-27(26(22)28(34)30-3)18-8-10-20(11-9-18)31-21-7-5-6-19(29)14-21/h5-11,14-17,31,33H,12-13H2,1-4H3,(H,30,34). The van der Waals surface area contributed by atoms with Gasteiger partial charge in [0, 0.05) is 35.4 Å². The molecular weight excluding hydrogens is 525 g/mol. The summed E-state index contributed by atoms with van der Waals surface area (Å²) < 4.78 is 51.8. The van der Waals surface area contributed by atoms with E-state index in [4.69, 9.17) is 9.15 Å². The smallest absolute Gasteiger partial charge is 0.255 e. The van der Waals surface area contributed by atoms with Crippen LogP contribution in [0.3, 0.4) is 0 Å². The minimum Gasteiger partial charge on any atom is -0.489 e. The van der Waals surface area contributed by atoms with E-state index in [1.807, 2.05) is 0 Å². The summed E-state index contributed by atoms with van der Waals surface area (Å²) >= 11 is 0. The SMILES string of the molecule is CNC(=O)c1c(-c2ccc(Nc3cccc(F)c3)cc2)oc2cc(N(CCO)S(C)(=O)=O)c(OC(C)C)cc12. The molecule has 4 rings (SSSR count). The number of furan rings is 1. The number of carbonyl (C=O) groups is 1. The summed E-state index contributed by atoms with van der Waals surface area (Å²) in [5.41, 5.74) is 2.59. The number of benzene rings is 3. The van der Waals surface area contributed by atoms with Crippen molar-refractivity contribution in [2.45, 2.75) is 20.0 Å². The van der Waals surface area contributed by atoms with Crippen LogP contribution in [-0.2, 0) is 10.0 Å². The van der Waals surface area contributed by atoms with E-state index in [1.165, 1.54) is 25.2 Å². The van der Waals surface area contributed by atoms with Crippen molar-refractivity contribution in [2.75, 3.05) is 36.1 Å². The summed E-state index contributed by atoms with van der Waals surface area (Å²) in [5.74, 6) is -0.252. The number of fused-ring (bicyclic) bond motifs is 1. The van der Waals surface area contributed by atoms with Crippen molar-refractivity contribution in [3.8, 4) is 17.1 Å². The molecule has 11 heteroatoms. The van der Waals surface area contributed by atoms with Gasteiger partial charge in [-0.2, -0.15) is 0 Å². The van der Waals surface area contributed by atoms with Crippen LogP contribution in [0.15, 0.2) is 65.1 Å². The minimum atomic E-state index is -3.77. The van der Waals surface area contributed by atoms with E-state index < -0.39 is 22.5 Å². The Balaban J connectivity index is 1.85. The van der Waals surface area contributed by atoms with Crippen molar-refractivity contribution < 1.29 is 31.9 Å². The molecule has 0 saturated heterocycles. The summed E-state index contributed by atoms with van der Waals surface area (Å²) in [4.78, 5) is 13.0. The van der Waals surface area contributed by atoms with Gasteiger partial charge < -0.3 is 24.9 Å². The first kappa shape index (κ1) is 27.9. The number of carbonyl (C=O) groups excluding carboxylic acids is 1. The molecule has 0 atom stereocenters. The highest BCUT2D eigenvalue weighted by Gasteiger charge is 2.27. The topological polar surface area (TPSA) is 121 Å². The molecule has 0 spiro atoms. The van der Waals surface area contributed by atoms with Gasteiger partial charge in [0.05, 0.1) is 36.8 Å². The molecule has 0 bridgehead atoms. The highest BCUT2D eigenvalue weighted by molar-refractivity contribution is 7.92. The lowest BCUT2D eigenvalue weighted by molar-refractivity contribution is 0.0964. The lowest BCUT2D eigenvalue weighted by Crippen LogP contribution is -2.33. The first-order chi connectivity index (χ1) is 18.5. The Bertz CT molecular complexity index is 1600. The Kier molecular flexibility index (Phi) is 8.12. The largest absolute Gasteiger partial charge is 0.489 e.